The lowest BCUT2D eigenvalue weighted by Gasteiger charge is -2.16. The third-order valence-electron chi connectivity index (χ3n) is 3.20. The van der Waals surface area contributed by atoms with E-state index in [4.69, 9.17) is 23.2 Å². The molecule has 0 amide bonds. The summed E-state index contributed by atoms with van der Waals surface area (Å²) in [5, 5.41) is 5.75. The predicted octanol–water partition coefficient (Wildman–Crippen LogP) is 5.78. The second-order valence-corrected chi connectivity index (χ2v) is 6.83. The van der Waals surface area contributed by atoms with E-state index in [1.54, 1.807) is 6.20 Å². The first-order valence-corrected chi connectivity index (χ1v) is 7.76. The number of pyridine rings is 1. The third kappa shape index (κ3) is 2.62. The zero-order chi connectivity index (χ0) is 14.1. The van der Waals surface area contributed by atoms with Crippen LogP contribution in [0.5, 0.6) is 0 Å². The molecule has 1 unspecified atom stereocenters. The summed E-state index contributed by atoms with van der Waals surface area (Å²) in [6.07, 6.45) is 3.66. The highest BCUT2D eigenvalue weighted by atomic mass is 35.5. The number of hydrogen-bond donors (Lipinski definition) is 1. The zero-order valence-electron chi connectivity index (χ0n) is 10.7. The lowest BCUT2D eigenvalue weighted by atomic mass is 10.1. The van der Waals surface area contributed by atoms with E-state index in [1.807, 2.05) is 30.5 Å². The number of nitrogens with one attached hydrogen (secondary N) is 1. The molecule has 3 rings (SSSR count). The van der Waals surface area contributed by atoms with Crippen LogP contribution >= 0.6 is 34.5 Å². The fraction of sp³-hybridized carbons (Fsp3) is 0.133. The zero-order valence-corrected chi connectivity index (χ0v) is 13.1. The lowest BCUT2D eigenvalue weighted by molar-refractivity contribution is 0.893. The number of anilines is 1. The molecule has 0 fully saturated rings. The van der Waals surface area contributed by atoms with Crippen molar-refractivity contribution in [3.05, 3.63) is 57.0 Å². The Balaban J connectivity index is 1.95. The second-order valence-electron chi connectivity index (χ2n) is 4.55. The highest BCUT2D eigenvalue weighted by Crippen LogP contribution is 2.36. The van der Waals surface area contributed by atoms with Crippen LogP contribution in [0.25, 0.3) is 10.8 Å². The summed E-state index contributed by atoms with van der Waals surface area (Å²) in [5.74, 6) is 0. The summed E-state index contributed by atoms with van der Waals surface area (Å²) in [5.41, 5.74) is 2.09. The maximum atomic E-state index is 6.21. The molecule has 2 nitrogen and oxygen atoms in total. The Labute approximate surface area is 131 Å². The van der Waals surface area contributed by atoms with Gasteiger partial charge in [-0.1, -0.05) is 35.3 Å². The standard InChI is InChI=1S/C15H12Cl2N2S/c1-9(12-7-14(16)20-15(12)17)19-13-4-2-3-10-8-18-6-5-11(10)13/h2-9,19H,1H3. The Bertz CT molecular complexity index is 749. The first-order valence-electron chi connectivity index (χ1n) is 6.19. The molecule has 1 atom stereocenters. The van der Waals surface area contributed by atoms with Crippen LogP contribution in [-0.2, 0) is 0 Å². The number of fused-ring (bicyclic) bond motifs is 1. The van der Waals surface area contributed by atoms with E-state index in [1.165, 1.54) is 11.3 Å². The highest BCUT2D eigenvalue weighted by Gasteiger charge is 2.14. The van der Waals surface area contributed by atoms with Crippen LogP contribution in [-0.4, -0.2) is 4.98 Å². The molecular weight excluding hydrogens is 311 g/mol. The van der Waals surface area contributed by atoms with Crippen LogP contribution in [0.1, 0.15) is 18.5 Å². The first kappa shape index (κ1) is 13.7. The molecule has 0 spiro atoms. The van der Waals surface area contributed by atoms with Crippen molar-refractivity contribution >= 4 is 51.0 Å². The number of aromatic nitrogens is 1. The molecule has 20 heavy (non-hydrogen) atoms. The van der Waals surface area contributed by atoms with Crippen LogP contribution in [0.15, 0.2) is 42.7 Å². The summed E-state index contributed by atoms with van der Waals surface area (Å²) in [7, 11) is 0. The molecule has 1 N–H and O–H groups in total. The van der Waals surface area contributed by atoms with Gasteiger partial charge in [-0.3, -0.25) is 4.98 Å². The van der Waals surface area contributed by atoms with Crippen LogP contribution in [0, 0.1) is 0 Å². The average Bonchev–Trinajstić information content (AvgIpc) is 2.78. The largest absolute Gasteiger partial charge is 0.378 e. The molecule has 5 heteroatoms. The number of rotatable bonds is 3. The summed E-state index contributed by atoms with van der Waals surface area (Å²) in [4.78, 5) is 4.14. The van der Waals surface area contributed by atoms with E-state index < -0.39 is 0 Å². The van der Waals surface area contributed by atoms with Gasteiger partial charge < -0.3 is 5.32 Å². The Morgan fingerprint density at radius 3 is 2.85 bits per heavy atom. The van der Waals surface area contributed by atoms with Gasteiger partial charge in [0.25, 0.3) is 0 Å². The molecule has 0 saturated heterocycles. The van der Waals surface area contributed by atoms with Gasteiger partial charge in [-0.25, -0.2) is 0 Å². The third-order valence-corrected chi connectivity index (χ3v) is 4.72. The minimum Gasteiger partial charge on any atom is -0.378 e. The molecule has 0 radical (unpaired) electrons. The van der Waals surface area contributed by atoms with Crippen LogP contribution in [0.3, 0.4) is 0 Å². The van der Waals surface area contributed by atoms with E-state index in [2.05, 4.69) is 23.3 Å². The van der Waals surface area contributed by atoms with Gasteiger partial charge in [0.15, 0.2) is 0 Å². The van der Waals surface area contributed by atoms with E-state index in [9.17, 15) is 0 Å². The molecule has 0 aliphatic carbocycles. The summed E-state index contributed by atoms with van der Waals surface area (Å²) >= 11 is 13.6. The summed E-state index contributed by atoms with van der Waals surface area (Å²) in [6.45, 7) is 2.07. The summed E-state index contributed by atoms with van der Waals surface area (Å²) in [6, 6.07) is 10.1. The van der Waals surface area contributed by atoms with E-state index in [0.29, 0.717) is 4.34 Å². The molecule has 0 aliphatic rings. The van der Waals surface area contributed by atoms with Gasteiger partial charge in [0.2, 0.25) is 0 Å². The SMILES string of the molecule is CC(Nc1cccc2cnccc12)c1cc(Cl)sc1Cl. The fourth-order valence-electron chi connectivity index (χ4n) is 2.21. The normalized spacial score (nSPS) is 12.6. The molecule has 2 aromatic heterocycles. The average molecular weight is 323 g/mol. The minimum absolute atomic E-state index is 0.0880. The number of thiophene rings is 1. The molecule has 3 aromatic rings. The molecular formula is C15H12Cl2N2S. The Kier molecular flexibility index (Phi) is 3.83. The molecule has 2 heterocycles. The Morgan fingerprint density at radius 2 is 2.10 bits per heavy atom. The van der Waals surface area contributed by atoms with Crippen LogP contribution < -0.4 is 5.32 Å². The first-order chi connectivity index (χ1) is 9.65. The van der Waals surface area contributed by atoms with Gasteiger partial charge in [-0.15, -0.1) is 11.3 Å². The lowest BCUT2D eigenvalue weighted by Crippen LogP contribution is -2.06. The van der Waals surface area contributed by atoms with E-state index in [-0.39, 0.29) is 6.04 Å². The smallest absolute Gasteiger partial charge is 0.0996 e. The van der Waals surface area contributed by atoms with Crippen molar-refractivity contribution in [2.75, 3.05) is 5.32 Å². The molecule has 0 bridgehead atoms. The monoisotopic (exact) mass is 322 g/mol. The summed E-state index contributed by atoms with van der Waals surface area (Å²) < 4.78 is 1.44. The van der Waals surface area contributed by atoms with E-state index in [0.717, 1.165) is 26.4 Å². The van der Waals surface area contributed by atoms with Gasteiger partial charge in [0.05, 0.1) is 14.7 Å². The minimum atomic E-state index is 0.0880. The van der Waals surface area contributed by atoms with Gasteiger partial charge in [-0.05, 0) is 25.1 Å². The van der Waals surface area contributed by atoms with Crippen molar-refractivity contribution in [3.8, 4) is 0 Å². The van der Waals surface area contributed by atoms with Crippen molar-refractivity contribution in [3.63, 3.8) is 0 Å². The Morgan fingerprint density at radius 1 is 1.25 bits per heavy atom. The maximum absolute atomic E-state index is 6.21. The van der Waals surface area contributed by atoms with Gasteiger partial charge in [0.1, 0.15) is 0 Å². The predicted molar refractivity (Wildman–Crippen MR) is 88.1 cm³/mol. The van der Waals surface area contributed by atoms with Gasteiger partial charge in [-0.2, -0.15) is 0 Å². The molecule has 0 aliphatic heterocycles. The topological polar surface area (TPSA) is 24.9 Å². The Hall–Kier alpha value is -1.29. The fourth-order valence-corrected chi connectivity index (χ4v) is 3.85. The molecule has 0 saturated carbocycles. The quantitative estimate of drug-likeness (QED) is 0.661. The number of nitrogens with zero attached hydrogens (tertiary/aromatic N) is 1. The molecule has 1 aromatic carbocycles. The number of benzene rings is 1. The number of hydrogen-bond acceptors (Lipinski definition) is 3. The highest BCUT2D eigenvalue weighted by molar-refractivity contribution is 7.20. The van der Waals surface area contributed by atoms with Gasteiger partial charge >= 0.3 is 0 Å². The van der Waals surface area contributed by atoms with Crippen molar-refractivity contribution in [1.29, 1.82) is 0 Å². The van der Waals surface area contributed by atoms with Crippen LogP contribution in [0.2, 0.25) is 8.67 Å². The van der Waals surface area contributed by atoms with Crippen molar-refractivity contribution in [1.82, 2.24) is 4.98 Å². The van der Waals surface area contributed by atoms with Crippen molar-refractivity contribution in [2.24, 2.45) is 0 Å². The van der Waals surface area contributed by atoms with Gasteiger partial charge in [0, 0.05) is 34.4 Å². The molecule has 102 valence electrons. The van der Waals surface area contributed by atoms with E-state index >= 15 is 0 Å². The number of halogens is 2. The maximum Gasteiger partial charge on any atom is 0.0996 e. The van der Waals surface area contributed by atoms with Crippen molar-refractivity contribution < 1.29 is 0 Å². The van der Waals surface area contributed by atoms with Crippen molar-refractivity contribution in [2.45, 2.75) is 13.0 Å². The second kappa shape index (κ2) is 5.60. The van der Waals surface area contributed by atoms with Crippen LogP contribution in [0.4, 0.5) is 5.69 Å².